The van der Waals surface area contributed by atoms with Gasteiger partial charge in [-0.1, -0.05) is 20.8 Å². The Kier molecular flexibility index (Phi) is 4.65. The van der Waals surface area contributed by atoms with Crippen LogP contribution >= 0.6 is 15.9 Å². The van der Waals surface area contributed by atoms with Crippen molar-refractivity contribution in [2.24, 2.45) is 11.1 Å². The summed E-state index contributed by atoms with van der Waals surface area (Å²) in [6.07, 6.45) is 0. The summed E-state index contributed by atoms with van der Waals surface area (Å²) in [6.45, 7) is 5.59. The Morgan fingerprint density at radius 1 is 1.47 bits per heavy atom. The van der Waals surface area contributed by atoms with Crippen molar-refractivity contribution in [1.29, 1.82) is 0 Å². The summed E-state index contributed by atoms with van der Waals surface area (Å²) in [5.74, 6) is -0.331. The lowest BCUT2D eigenvalue weighted by atomic mass is 9.87. The Morgan fingerprint density at radius 2 is 2.05 bits per heavy atom. The molecule has 0 aliphatic heterocycles. The van der Waals surface area contributed by atoms with Crippen LogP contribution in [0.3, 0.4) is 0 Å². The topological polar surface area (TPSA) is 98.3 Å². The second-order valence-electron chi connectivity index (χ2n) is 5.25. The summed E-state index contributed by atoms with van der Waals surface area (Å²) >= 11 is 3.18. The number of nitro groups is 1. The van der Waals surface area contributed by atoms with E-state index in [4.69, 9.17) is 5.73 Å². The monoisotopic (exact) mass is 329 g/mol. The standard InChI is InChI=1S/C12H16BrN3O3/c1-12(2,3)10(14)11(17)15-9-5-4-7(16(18)19)6-8(9)13/h4-6,10H,14H2,1-3H3,(H,15,17)/t10-/m0/s1. The number of benzene rings is 1. The second-order valence-corrected chi connectivity index (χ2v) is 6.11. The number of anilines is 1. The third kappa shape index (κ3) is 4.00. The van der Waals surface area contributed by atoms with Crippen LogP contribution in [0, 0.1) is 15.5 Å². The zero-order chi connectivity index (χ0) is 14.8. The first kappa shape index (κ1) is 15.6. The predicted molar refractivity (Wildman–Crippen MR) is 76.9 cm³/mol. The highest BCUT2D eigenvalue weighted by Crippen LogP contribution is 2.28. The molecule has 104 valence electrons. The van der Waals surface area contributed by atoms with Crippen molar-refractivity contribution in [3.05, 3.63) is 32.8 Å². The predicted octanol–water partition coefficient (Wildman–Crippen LogP) is 2.67. The Balaban J connectivity index is 2.89. The van der Waals surface area contributed by atoms with E-state index < -0.39 is 11.0 Å². The summed E-state index contributed by atoms with van der Waals surface area (Å²) in [6, 6.07) is 3.45. The molecule has 0 bridgehead atoms. The molecule has 1 rings (SSSR count). The molecule has 7 heteroatoms. The minimum atomic E-state index is -0.672. The second kappa shape index (κ2) is 5.66. The number of hydrogen-bond donors (Lipinski definition) is 2. The van der Waals surface area contributed by atoms with Gasteiger partial charge in [0.25, 0.3) is 5.69 Å². The first-order chi connectivity index (χ1) is 8.62. The average Bonchev–Trinajstić information content (AvgIpc) is 2.29. The summed E-state index contributed by atoms with van der Waals surface area (Å²) in [5, 5.41) is 13.3. The molecule has 0 aromatic heterocycles. The molecular weight excluding hydrogens is 314 g/mol. The Hall–Kier alpha value is -1.47. The van der Waals surface area contributed by atoms with Crippen molar-refractivity contribution in [1.82, 2.24) is 0 Å². The van der Waals surface area contributed by atoms with Crippen LogP contribution in [-0.4, -0.2) is 16.9 Å². The zero-order valence-corrected chi connectivity index (χ0v) is 12.5. The summed E-state index contributed by atoms with van der Waals surface area (Å²) in [5.41, 5.74) is 5.87. The highest BCUT2D eigenvalue weighted by Gasteiger charge is 2.27. The SMILES string of the molecule is CC(C)(C)[C@@H](N)C(=O)Nc1ccc([N+](=O)[O-])cc1Br. The number of amides is 1. The van der Waals surface area contributed by atoms with Crippen molar-refractivity contribution >= 4 is 33.2 Å². The van der Waals surface area contributed by atoms with Crippen molar-refractivity contribution in [2.75, 3.05) is 5.32 Å². The maximum Gasteiger partial charge on any atom is 0.270 e. The number of nitro benzene ring substituents is 1. The van der Waals surface area contributed by atoms with Crippen LogP contribution < -0.4 is 11.1 Å². The molecule has 3 N–H and O–H groups in total. The van der Waals surface area contributed by atoms with Gasteiger partial charge in [-0.2, -0.15) is 0 Å². The first-order valence-corrected chi connectivity index (χ1v) is 6.42. The fourth-order valence-corrected chi connectivity index (χ4v) is 1.79. The van der Waals surface area contributed by atoms with Crippen LogP contribution in [0.25, 0.3) is 0 Å². The largest absolute Gasteiger partial charge is 0.324 e. The fraction of sp³-hybridized carbons (Fsp3) is 0.417. The van der Waals surface area contributed by atoms with Gasteiger partial charge in [-0.05, 0) is 27.4 Å². The van der Waals surface area contributed by atoms with Gasteiger partial charge >= 0.3 is 0 Å². The van der Waals surface area contributed by atoms with Crippen LogP contribution in [0.4, 0.5) is 11.4 Å². The molecule has 0 fully saturated rings. The van der Waals surface area contributed by atoms with E-state index in [1.54, 1.807) is 0 Å². The van der Waals surface area contributed by atoms with E-state index in [1.807, 2.05) is 20.8 Å². The van der Waals surface area contributed by atoms with E-state index >= 15 is 0 Å². The summed E-state index contributed by atoms with van der Waals surface area (Å²) in [7, 11) is 0. The maximum atomic E-state index is 11.9. The van der Waals surface area contributed by atoms with Crippen LogP contribution in [0.2, 0.25) is 0 Å². The van der Waals surface area contributed by atoms with Gasteiger partial charge in [0, 0.05) is 16.6 Å². The third-order valence-electron chi connectivity index (χ3n) is 2.64. The van der Waals surface area contributed by atoms with Gasteiger partial charge in [0.15, 0.2) is 0 Å². The molecule has 0 aliphatic rings. The minimum absolute atomic E-state index is 0.0509. The number of nitrogens with one attached hydrogen (secondary N) is 1. The Morgan fingerprint density at radius 3 is 2.47 bits per heavy atom. The fourth-order valence-electron chi connectivity index (χ4n) is 1.32. The number of nitrogens with two attached hydrogens (primary N) is 1. The number of non-ortho nitro benzene ring substituents is 1. The number of nitrogens with zero attached hydrogens (tertiary/aromatic N) is 1. The summed E-state index contributed by atoms with van der Waals surface area (Å²) in [4.78, 5) is 22.0. The van der Waals surface area contributed by atoms with Crippen LogP contribution in [-0.2, 0) is 4.79 Å². The highest BCUT2D eigenvalue weighted by molar-refractivity contribution is 9.10. The van der Waals surface area contributed by atoms with Crippen molar-refractivity contribution in [2.45, 2.75) is 26.8 Å². The number of carbonyl (C=O) groups excluding carboxylic acids is 1. The molecule has 19 heavy (non-hydrogen) atoms. The molecule has 1 aromatic rings. The van der Waals surface area contributed by atoms with Crippen molar-refractivity contribution in [3.63, 3.8) is 0 Å². The van der Waals surface area contributed by atoms with Gasteiger partial charge in [-0.3, -0.25) is 14.9 Å². The Bertz CT molecular complexity index is 511. The normalized spacial score (nSPS) is 12.9. The van der Waals surface area contributed by atoms with Gasteiger partial charge in [0.1, 0.15) is 0 Å². The molecule has 1 atom stereocenters. The van der Waals surface area contributed by atoms with Gasteiger partial charge < -0.3 is 11.1 Å². The highest BCUT2D eigenvalue weighted by atomic mass is 79.9. The average molecular weight is 330 g/mol. The quantitative estimate of drug-likeness (QED) is 0.657. The number of hydrogen-bond acceptors (Lipinski definition) is 4. The van der Waals surface area contributed by atoms with E-state index in [-0.39, 0.29) is 17.0 Å². The smallest absolute Gasteiger partial charge is 0.270 e. The molecule has 6 nitrogen and oxygen atoms in total. The Labute approximate surface area is 119 Å². The van der Waals surface area contributed by atoms with E-state index in [1.165, 1.54) is 18.2 Å². The van der Waals surface area contributed by atoms with E-state index in [2.05, 4.69) is 21.2 Å². The molecular formula is C12H16BrN3O3. The molecule has 0 heterocycles. The minimum Gasteiger partial charge on any atom is -0.324 e. The van der Waals surface area contributed by atoms with E-state index in [0.717, 1.165) is 0 Å². The zero-order valence-electron chi connectivity index (χ0n) is 10.9. The van der Waals surface area contributed by atoms with Crippen LogP contribution in [0.15, 0.2) is 22.7 Å². The molecule has 0 aliphatic carbocycles. The number of carbonyl (C=O) groups is 1. The molecule has 0 spiro atoms. The van der Waals surface area contributed by atoms with E-state index in [0.29, 0.717) is 10.2 Å². The third-order valence-corrected chi connectivity index (χ3v) is 3.29. The van der Waals surface area contributed by atoms with Gasteiger partial charge in [0.2, 0.25) is 5.91 Å². The van der Waals surface area contributed by atoms with E-state index in [9.17, 15) is 14.9 Å². The maximum absolute atomic E-state index is 11.9. The van der Waals surface area contributed by atoms with Gasteiger partial charge in [-0.15, -0.1) is 0 Å². The first-order valence-electron chi connectivity index (χ1n) is 5.63. The number of halogens is 1. The molecule has 1 aromatic carbocycles. The molecule has 1 amide bonds. The van der Waals surface area contributed by atoms with Crippen LogP contribution in [0.1, 0.15) is 20.8 Å². The number of rotatable bonds is 3. The summed E-state index contributed by atoms with van der Waals surface area (Å²) < 4.78 is 0.441. The lowest BCUT2D eigenvalue weighted by molar-refractivity contribution is -0.384. The molecule has 0 unspecified atom stereocenters. The lowest BCUT2D eigenvalue weighted by Crippen LogP contribution is -2.45. The molecule has 0 saturated heterocycles. The van der Waals surface area contributed by atoms with Crippen LogP contribution in [0.5, 0.6) is 0 Å². The molecule has 0 saturated carbocycles. The van der Waals surface area contributed by atoms with Gasteiger partial charge in [0.05, 0.1) is 16.7 Å². The van der Waals surface area contributed by atoms with Gasteiger partial charge in [-0.25, -0.2) is 0 Å². The molecule has 0 radical (unpaired) electrons. The van der Waals surface area contributed by atoms with Crippen molar-refractivity contribution in [3.8, 4) is 0 Å². The lowest BCUT2D eigenvalue weighted by Gasteiger charge is -2.25. The van der Waals surface area contributed by atoms with Crippen molar-refractivity contribution < 1.29 is 9.72 Å².